The molecular formula is C21H20Cl2N2O6. The Hall–Kier alpha value is -2.16. The van der Waals surface area contributed by atoms with Crippen LogP contribution in [-0.2, 0) is 25.8 Å². The lowest BCUT2D eigenvalue weighted by Crippen LogP contribution is -2.60. The van der Waals surface area contributed by atoms with E-state index in [-0.39, 0.29) is 36.4 Å². The standard InChI is InChI=1S/C21H20Cl2N2O6/c1-24-16(27)11-5-4-10-12(14(11)17(24)28)7-20(22)18(29)25(2)19(30)21(20,23)15(10)13-6-3-9(8-26)31-13/h3-4,6,11-12,14-15,26H,5,7-8H2,1-2H3/t11-,12+,14-,15+,20+,21-/m0/s1. The van der Waals surface area contributed by atoms with Gasteiger partial charge in [-0.3, -0.25) is 29.0 Å². The Morgan fingerprint density at radius 2 is 1.77 bits per heavy atom. The molecule has 2 saturated heterocycles. The second-order valence-corrected chi connectivity index (χ2v) is 9.94. The van der Waals surface area contributed by atoms with Crippen molar-refractivity contribution < 1.29 is 28.7 Å². The lowest BCUT2D eigenvalue weighted by atomic mass is 9.57. The first-order chi connectivity index (χ1) is 14.6. The number of imide groups is 2. The molecule has 31 heavy (non-hydrogen) atoms. The number of allylic oxidation sites excluding steroid dienone is 2. The molecule has 1 aromatic rings. The van der Waals surface area contributed by atoms with Crippen molar-refractivity contribution in [2.75, 3.05) is 14.1 Å². The van der Waals surface area contributed by atoms with Crippen LogP contribution in [0, 0.1) is 17.8 Å². The van der Waals surface area contributed by atoms with Gasteiger partial charge in [0.2, 0.25) is 11.8 Å². The van der Waals surface area contributed by atoms with Gasteiger partial charge in [0.1, 0.15) is 18.1 Å². The van der Waals surface area contributed by atoms with Crippen LogP contribution in [0.1, 0.15) is 30.3 Å². The quantitative estimate of drug-likeness (QED) is 0.400. The van der Waals surface area contributed by atoms with E-state index < -0.39 is 45.2 Å². The Morgan fingerprint density at radius 3 is 2.42 bits per heavy atom. The van der Waals surface area contributed by atoms with Gasteiger partial charge in [-0.1, -0.05) is 11.6 Å². The number of aliphatic hydroxyl groups is 1. The van der Waals surface area contributed by atoms with Crippen molar-refractivity contribution in [3.63, 3.8) is 0 Å². The molecule has 4 amide bonds. The maximum atomic E-state index is 13.2. The Kier molecular flexibility index (Phi) is 4.30. The fourth-order valence-electron chi connectivity index (χ4n) is 5.85. The molecule has 0 radical (unpaired) electrons. The first-order valence-electron chi connectivity index (χ1n) is 9.99. The Labute approximate surface area is 187 Å². The number of aliphatic hydroxyl groups excluding tert-OH is 1. The Bertz CT molecular complexity index is 1080. The number of amides is 4. The first kappa shape index (κ1) is 20.7. The molecule has 0 bridgehead atoms. The van der Waals surface area contributed by atoms with E-state index in [9.17, 15) is 24.3 Å². The summed E-state index contributed by atoms with van der Waals surface area (Å²) in [6.45, 7) is -0.355. The van der Waals surface area contributed by atoms with E-state index in [1.54, 1.807) is 12.1 Å². The number of carbonyl (C=O) groups excluding carboxylic acids is 4. The lowest BCUT2D eigenvalue weighted by Gasteiger charge is -2.49. The maximum Gasteiger partial charge on any atom is 0.253 e. The molecule has 1 saturated carbocycles. The molecule has 4 aliphatic rings. The average Bonchev–Trinajstić information content (AvgIpc) is 3.35. The summed E-state index contributed by atoms with van der Waals surface area (Å²) in [5.41, 5.74) is 0.666. The minimum atomic E-state index is -1.86. The number of fused-ring (bicyclic) bond motifs is 4. The number of carbonyl (C=O) groups is 4. The molecular weight excluding hydrogens is 447 g/mol. The third-order valence-electron chi connectivity index (χ3n) is 7.36. The molecule has 5 rings (SSSR count). The SMILES string of the molecule is CN1C(=O)[C@H]2[C@H](CC=C3[C@H]2C[C@@]2(Cl)C(=O)N(C)C(=O)[C@@]2(Cl)[C@H]3c2ccc(CO)o2)C1=O. The van der Waals surface area contributed by atoms with E-state index in [4.69, 9.17) is 27.6 Å². The summed E-state index contributed by atoms with van der Waals surface area (Å²) in [5.74, 6) is -4.03. The summed E-state index contributed by atoms with van der Waals surface area (Å²) in [6, 6.07) is 3.15. The minimum Gasteiger partial charge on any atom is -0.463 e. The highest BCUT2D eigenvalue weighted by Gasteiger charge is 2.76. The highest BCUT2D eigenvalue weighted by molar-refractivity contribution is 6.53. The third-order valence-corrected chi connectivity index (χ3v) is 8.77. The van der Waals surface area contributed by atoms with E-state index in [0.29, 0.717) is 12.0 Å². The van der Waals surface area contributed by atoms with Crippen molar-refractivity contribution in [1.82, 2.24) is 9.80 Å². The van der Waals surface area contributed by atoms with Crippen molar-refractivity contribution in [3.8, 4) is 0 Å². The van der Waals surface area contributed by atoms with E-state index in [1.165, 1.54) is 14.1 Å². The molecule has 8 nitrogen and oxygen atoms in total. The second kappa shape index (κ2) is 6.43. The number of alkyl halides is 2. The van der Waals surface area contributed by atoms with Crippen LogP contribution in [-0.4, -0.2) is 62.4 Å². The number of furan rings is 1. The van der Waals surface area contributed by atoms with Crippen LogP contribution in [0.5, 0.6) is 0 Å². The maximum absolute atomic E-state index is 13.2. The molecule has 6 atom stereocenters. The number of hydrogen-bond donors (Lipinski definition) is 1. The van der Waals surface area contributed by atoms with Gasteiger partial charge < -0.3 is 9.52 Å². The van der Waals surface area contributed by atoms with E-state index in [1.807, 2.05) is 6.08 Å². The summed E-state index contributed by atoms with van der Waals surface area (Å²) in [7, 11) is 2.78. The topological polar surface area (TPSA) is 108 Å². The fraction of sp³-hybridized carbons (Fsp3) is 0.524. The lowest BCUT2D eigenvalue weighted by molar-refractivity contribution is -0.140. The summed E-state index contributed by atoms with van der Waals surface area (Å²) in [6.07, 6.45) is 2.10. The van der Waals surface area contributed by atoms with Crippen LogP contribution in [0.4, 0.5) is 0 Å². The van der Waals surface area contributed by atoms with E-state index >= 15 is 0 Å². The van der Waals surface area contributed by atoms with Gasteiger partial charge in [0.15, 0.2) is 9.75 Å². The van der Waals surface area contributed by atoms with Crippen LogP contribution in [0.25, 0.3) is 0 Å². The van der Waals surface area contributed by atoms with Gasteiger partial charge in [-0.25, -0.2) is 0 Å². The molecule has 0 spiro atoms. The first-order valence-corrected chi connectivity index (χ1v) is 10.7. The highest BCUT2D eigenvalue weighted by atomic mass is 35.5. The van der Waals surface area contributed by atoms with Crippen molar-refractivity contribution >= 4 is 46.8 Å². The summed E-state index contributed by atoms with van der Waals surface area (Å²) in [4.78, 5) is 50.3. The molecule has 3 heterocycles. The van der Waals surface area contributed by atoms with Crippen molar-refractivity contribution in [2.24, 2.45) is 17.8 Å². The van der Waals surface area contributed by atoms with E-state index in [2.05, 4.69) is 0 Å². The van der Waals surface area contributed by atoms with Crippen LogP contribution >= 0.6 is 23.2 Å². The zero-order valence-electron chi connectivity index (χ0n) is 16.8. The molecule has 3 fully saturated rings. The number of halogens is 2. The van der Waals surface area contributed by atoms with Gasteiger partial charge in [0.05, 0.1) is 17.8 Å². The normalized spacial score (nSPS) is 39.6. The molecule has 164 valence electrons. The number of nitrogens with zero attached hydrogens (tertiary/aromatic N) is 2. The average molecular weight is 467 g/mol. The summed E-state index contributed by atoms with van der Waals surface area (Å²) < 4.78 is 5.76. The molecule has 2 aliphatic carbocycles. The van der Waals surface area contributed by atoms with Gasteiger partial charge in [-0.2, -0.15) is 0 Å². The Morgan fingerprint density at radius 1 is 1.06 bits per heavy atom. The molecule has 1 aromatic heterocycles. The predicted octanol–water partition coefficient (Wildman–Crippen LogP) is 1.39. The van der Waals surface area contributed by atoms with Gasteiger partial charge >= 0.3 is 0 Å². The number of hydrogen-bond acceptors (Lipinski definition) is 6. The third kappa shape index (κ3) is 2.30. The minimum absolute atomic E-state index is 0.0447. The Balaban J connectivity index is 1.73. The van der Waals surface area contributed by atoms with Crippen LogP contribution < -0.4 is 0 Å². The smallest absolute Gasteiger partial charge is 0.253 e. The van der Waals surface area contributed by atoms with Crippen LogP contribution in [0.3, 0.4) is 0 Å². The van der Waals surface area contributed by atoms with Crippen molar-refractivity contribution in [2.45, 2.75) is 35.1 Å². The molecule has 0 unspecified atom stereocenters. The summed E-state index contributed by atoms with van der Waals surface area (Å²) in [5, 5.41) is 9.45. The zero-order valence-corrected chi connectivity index (χ0v) is 18.3. The predicted molar refractivity (Wildman–Crippen MR) is 108 cm³/mol. The van der Waals surface area contributed by atoms with Crippen LogP contribution in [0.15, 0.2) is 28.2 Å². The molecule has 2 aliphatic heterocycles. The summed E-state index contributed by atoms with van der Waals surface area (Å²) >= 11 is 13.9. The van der Waals surface area contributed by atoms with Gasteiger partial charge in [-0.15, -0.1) is 23.2 Å². The van der Waals surface area contributed by atoms with E-state index in [0.717, 1.165) is 9.80 Å². The monoisotopic (exact) mass is 466 g/mol. The molecule has 1 N–H and O–H groups in total. The van der Waals surface area contributed by atoms with Crippen molar-refractivity contribution in [1.29, 1.82) is 0 Å². The number of likely N-dealkylation sites (tertiary alicyclic amines) is 2. The van der Waals surface area contributed by atoms with Gasteiger partial charge in [-0.05, 0) is 30.9 Å². The van der Waals surface area contributed by atoms with Crippen LogP contribution in [0.2, 0.25) is 0 Å². The van der Waals surface area contributed by atoms with Gasteiger partial charge in [0, 0.05) is 14.1 Å². The zero-order chi connectivity index (χ0) is 22.5. The second-order valence-electron chi connectivity index (χ2n) is 8.70. The fourth-order valence-corrected chi connectivity index (χ4v) is 6.85. The van der Waals surface area contributed by atoms with Crippen molar-refractivity contribution in [3.05, 3.63) is 35.3 Å². The van der Waals surface area contributed by atoms with Gasteiger partial charge in [0.25, 0.3) is 11.8 Å². The number of rotatable bonds is 2. The largest absolute Gasteiger partial charge is 0.463 e. The molecule has 0 aromatic carbocycles. The highest BCUT2D eigenvalue weighted by Crippen LogP contribution is 2.65. The molecule has 10 heteroatoms.